The van der Waals surface area contributed by atoms with Gasteiger partial charge in [0.1, 0.15) is 0 Å². The summed E-state index contributed by atoms with van der Waals surface area (Å²) in [5.41, 5.74) is 4.74. The van der Waals surface area contributed by atoms with Crippen molar-refractivity contribution in [3.63, 3.8) is 0 Å². The molecule has 1 atom stereocenters. The van der Waals surface area contributed by atoms with Gasteiger partial charge in [-0.05, 0) is 37.8 Å². The third kappa shape index (κ3) is 3.38. The minimum atomic E-state index is -1.08. The average molecular weight is 433 g/mol. The average Bonchev–Trinajstić information content (AvgIpc) is 3.30. The second-order valence-corrected chi connectivity index (χ2v) is 10.1. The molecule has 0 bridgehead atoms. The van der Waals surface area contributed by atoms with Crippen LogP contribution in [0.25, 0.3) is 27.8 Å². The maximum absolute atomic E-state index is 12.6. The molecule has 0 aliphatic heterocycles. The number of carbonyl (C=O) groups is 1. The Labute approximate surface area is 188 Å². The van der Waals surface area contributed by atoms with E-state index in [9.17, 15) is 9.90 Å². The van der Waals surface area contributed by atoms with Crippen molar-refractivity contribution in [1.29, 1.82) is 0 Å². The van der Waals surface area contributed by atoms with Crippen molar-refractivity contribution in [3.05, 3.63) is 53.5 Å². The number of benzene rings is 1. The summed E-state index contributed by atoms with van der Waals surface area (Å²) < 4.78 is 3.93. The van der Waals surface area contributed by atoms with Gasteiger partial charge in [0, 0.05) is 47.1 Å². The smallest absolute Gasteiger partial charge is 0.313 e. The molecule has 3 heterocycles. The van der Waals surface area contributed by atoms with E-state index in [1.807, 2.05) is 44.6 Å². The highest BCUT2D eigenvalue weighted by Gasteiger charge is 2.40. The molecule has 1 N–H and O–H groups in total. The third-order valence-electron chi connectivity index (χ3n) is 6.49. The van der Waals surface area contributed by atoms with Crippen LogP contribution in [-0.4, -0.2) is 30.2 Å². The highest BCUT2D eigenvalue weighted by atomic mass is 16.4. The van der Waals surface area contributed by atoms with Crippen molar-refractivity contribution >= 4 is 22.5 Å². The normalized spacial score (nSPS) is 14.2. The highest BCUT2D eigenvalue weighted by Crippen LogP contribution is 2.40. The first-order chi connectivity index (χ1) is 15.0. The summed E-state index contributed by atoms with van der Waals surface area (Å²) in [5.74, 6) is -0.840. The first-order valence-electron chi connectivity index (χ1n) is 11.2. The Bertz CT molecular complexity index is 1340. The van der Waals surface area contributed by atoms with Crippen LogP contribution in [0.5, 0.6) is 0 Å². The Morgan fingerprint density at radius 3 is 2.47 bits per heavy atom. The number of rotatable bonds is 5. The number of aryl methyl sites for hydroxylation is 2. The topological polar surface area (TPSA) is 72.4 Å². The monoisotopic (exact) mass is 432 g/mol. The number of carboxylic acids is 1. The highest BCUT2D eigenvalue weighted by molar-refractivity contribution is 5.89. The van der Waals surface area contributed by atoms with Gasteiger partial charge in [-0.15, -0.1) is 0 Å². The van der Waals surface area contributed by atoms with E-state index in [4.69, 9.17) is 10.1 Å². The molecule has 6 nitrogen and oxygen atoms in total. The largest absolute Gasteiger partial charge is 0.481 e. The fraction of sp³-hybridized carbons (Fsp3) is 0.423. The van der Waals surface area contributed by atoms with Crippen molar-refractivity contribution in [2.45, 2.75) is 65.2 Å². The third-order valence-corrected chi connectivity index (χ3v) is 6.49. The molecule has 0 amide bonds. The van der Waals surface area contributed by atoms with E-state index in [1.54, 1.807) is 0 Å². The molecule has 1 unspecified atom stereocenters. The molecule has 0 saturated heterocycles. The van der Waals surface area contributed by atoms with E-state index >= 15 is 0 Å². The molecule has 0 saturated carbocycles. The second-order valence-electron chi connectivity index (χ2n) is 10.1. The summed E-state index contributed by atoms with van der Waals surface area (Å²) in [6.45, 7) is 12.1. The van der Waals surface area contributed by atoms with Crippen LogP contribution >= 0.6 is 0 Å². The number of nitrogens with zero attached hydrogens (tertiary/aromatic N) is 4. The Morgan fingerprint density at radius 2 is 1.84 bits per heavy atom. The lowest BCUT2D eigenvalue weighted by Gasteiger charge is -2.29. The van der Waals surface area contributed by atoms with Crippen LogP contribution in [0.15, 0.2) is 36.5 Å². The zero-order valence-corrected chi connectivity index (χ0v) is 20.0. The molecule has 168 valence electrons. The minimum absolute atomic E-state index is 0.152. The number of hydrogen-bond donors (Lipinski definition) is 1. The molecule has 0 radical (unpaired) electrons. The molecule has 0 fully saturated rings. The van der Waals surface area contributed by atoms with Gasteiger partial charge in [0.15, 0.2) is 5.65 Å². The van der Waals surface area contributed by atoms with Crippen LogP contribution in [0.2, 0.25) is 0 Å². The van der Waals surface area contributed by atoms with Gasteiger partial charge >= 0.3 is 5.97 Å². The molecular weight excluding hydrogens is 400 g/mol. The van der Waals surface area contributed by atoms with Gasteiger partial charge in [0.25, 0.3) is 0 Å². The van der Waals surface area contributed by atoms with Gasteiger partial charge in [-0.25, -0.2) is 9.50 Å². The van der Waals surface area contributed by atoms with Crippen molar-refractivity contribution in [2.75, 3.05) is 0 Å². The SMILES string of the molecule is CCCC(C)(C(=O)O)c1c(C)nc2cc(C(C)(C)C)nn2c1-c1ccc2ccn(C)c2c1. The van der Waals surface area contributed by atoms with Crippen LogP contribution in [0.1, 0.15) is 64.4 Å². The molecule has 6 heteroatoms. The molecule has 0 aliphatic rings. The van der Waals surface area contributed by atoms with Crippen LogP contribution in [0.3, 0.4) is 0 Å². The lowest BCUT2D eigenvalue weighted by Crippen LogP contribution is -2.35. The van der Waals surface area contributed by atoms with E-state index in [2.05, 4.69) is 49.6 Å². The van der Waals surface area contributed by atoms with E-state index in [0.29, 0.717) is 6.42 Å². The lowest BCUT2D eigenvalue weighted by molar-refractivity contribution is -0.143. The van der Waals surface area contributed by atoms with E-state index in [-0.39, 0.29) is 5.41 Å². The van der Waals surface area contributed by atoms with E-state index < -0.39 is 11.4 Å². The van der Waals surface area contributed by atoms with E-state index in [1.165, 1.54) is 0 Å². The molecule has 0 aliphatic carbocycles. The summed E-state index contributed by atoms with van der Waals surface area (Å²) in [6.07, 6.45) is 3.30. The van der Waals surface area contributed by atoms with Gasteiger partial charge in [-0.3, -0.25) is 4.79 Å². The van der Waals surface area contributed by atoms with Gasteiger partial charge in [-0.1, -0.05) is 46.2 Å². The maximum atomic E-state index is 12.6. The van der Waals surface area contributed by atoms with Gasteiger partial charge < -0.3 is 9.67 Å². The number of carboxylic acid groups (broad SMARTS) is 1. The number of aromatic nitrogens is 4. The predicted octanol–water partition coefficient (Wildman–Crippen LogP) is 5.64. The molecule has 4 rings (SSSR count). The molecule has 0 spiro atoms. The number of fused-ring (bicyclic) bond motifs is 2. The van der Waals surface area contributed by atoms with Crippen molar-refractivity contribution in [1.82, 2.24) is 19.2 Å². The summed E-state index contributed by atoms with van der Waals surface area (Å²) in [7, 11) is 2.02. The molecule has 4 aromatic rings. The van der Waals surface area contributed by atoms with Crippen LogP contribution in [0, 0.1) is 6.92 Å². The van der Waals surface area contributed by atoms with Crippen LogP contribution in [0.4, 0.5) is 0 Å². The summed E-state index contributed by atoms with van der Waals surface area (Å²) in [4.78, 5) is 17.4. The zero-order chi connectivity index (χ0) is 23.4. The van der Waals surface area contributed by atoms with E-state index in [0.717, 1.165) is 51.2 Å². The molecule has 1 aromatic carbocycles. The number of hydrogen-bond acceptors (Lipinski definition) is 3. The van der Waals surface area contributed by atoms with Gasteiger partial charge in [0.2, 0.25) is 0 Å². The Kier molecular flexibility index (Phi) is 5.15. The molecular formula is C26H32N4O2. The first kappa shape index (κ1) is 22.1. The van der Waals surface area contributed by atoms with Crippen molar-refractivity contribution in [3.8, 4) is 11.3 Å². The second kappa shape index (κ2) is 7.47. The van der Waals surface area contributed by atoms with Gasteiger partial charge in [0.05, 0.1) is 16.8 Å². The predicted molar refractivity (Wildman–Crippen MR) is 128 cm³/mol. The minimum Gasteiger partial charge on any atom is -0.481 e. The number of aliphatic carboxylic acids is 1. The Balaban J connectivity index is 2.16. The standard InChI is InChI=1S/C26H32N4O2/c1-8-12-26(6,24(31)32)22-16(2)27-21-15-20(25(3,4)5)28-30(21)23(22)18-10-9-17-11-13-29(7)19(17)14-18/h9-11,13-15H,8,12H2,1-7H3,(H,31,32). The van der Waals surface area contributed by atoms with Crippen molar-refractivity contribution < 1.29 is 9.90 Å². The zero-order valence-electron chi connectivity index (χ0n) is 20.0. The van der Waals surface area contributed by atoms with Crippen LogP contribution < -0.4 is 0 Å². The molecule has 32 heavy (non-hydrogen) atoms. The summed E-state index contributed by atoms with van der Waals surface area (Å²) in [5, 5.41) is 16.4. The quantitative estimate of drug-likeness (QED) is 0.443. The Hall–Kier alpha value is -3.15. The summed E-state index contributed by atoms with van der Waals surface area (Å²) in [6, 6.07) is 10.4. The molecule has 3 aromatic heterocycles. The van der Waals surface area contributed by atoms with Crippen LogP contribution in [-0.2, 0) is 22.7 Å². The van der Waals surface area contributed by atoms with Crippen molar-refractivity contribution in [2.24, 2.45) is 7.05 Å². The fourth-order valence-corrected chi connectivity index (χ4v) is 4.66. The van der Waals surface area contributed by atoms with Gasteiger partial charge in [-0.2, -0.15) is 5.10 Å². The maximum Gasteiger partial charge on any atom is 0.313 e. The summed E-state index contributed by atoms with van der Waals surface area (Å²) >= 11 is 0. The fourth-order valence-electron chi connectivity index (χ4n) is 4.66. The lowest BCUT2D eigenvalue weighted by atomic mass is 9.76. The Morgan fingerprint density at radius 1 is 1.12 bits per heavy atom. The first-order valence-corrected chi connectivity index (χ1v) is 11.2.